The molecule has 2 aliphatic heterocycles. The number of piperazine rings is 1. The summed E-state index contributed by atoms with van der Waals surface area (Å²) in [7, 11) is 0. The summed E-state index contributed by atoms with van der Waals surface area (Å²) in [5.41, 5.74) is -0.170. The molecule has 4 heterocycles. The van der Waals surface area contributed by atoms with Crippen LogP contribution >= 0.6 is 0 Å². The van der Waals surface area contributed by atoms with Crippen molar-refractivity contribution in [1.82, 2.24) is 34.5 Å². The number of fused-ring (bicyclic) bond motifs is 1. The number of carbonyl (C=O) groups is 1. The largest absolute Gasteiger partial charge is 0.353 e. The van der Waals surface area contributed by atoms with Crippen LogP contribution in [0, 0.1) is 0 Å². The third kappa shape index (κ3) is 4.81. The molecule has 10 heteroatoms. The first kappa shape index (κ1) is 19.6. The van der Waals surface area contributed by atoms with E-state index in [0.717, 1.165) is 70.2 Å². The Morgan fingerprint density at radius 1 is 1.03 bits per heavy atom. The first-order valence-electron chi connectivity index (χ1n) is 10.4. The van der Waals surface area contributed by atoms with Crippen molar-refractivity contribution >= 4 is 11.9 Å². The van der Waals surface area contributed by atoms with Gasteiger partial charge in [-0.3, -0.25) is 14.3 Å². The minimum atomic E-state index is -0.170. The van der Waals surface area contributed by atoms with Crippen molar-refractivity contribution in [2.75, 3.05) is 44.2 Å². The van der Waals surface area contributed by atoms with Crippen molar-refractivity contribution in [3.05, 3.63) is 34.8 Å². The number of carbonyl (C=O) groups excluding carboxylic acids is 1. The summed E-state index contributed by atoms with van der Waals surface area (Å²) in [6, 6.07) is 1.82. The second-order valence-corrected chi connectivity index (χ2v) is 7.55. The zero-order valence-corrected chi connectivity index (χ0v) is 16.7. The van der Waals surface area contributed by atoms with Crippen LogP contribution in [0.5, 0.6) is 0 Å². The van der Waals surface area contributed by atoms with E-state index in [-0.39, 0.29) is 18.1 Å². The van der Waals surface area contributed by atoms with E-state index in [4.69, 9.17) is 0 Å². The number of hydrogen-bond acceptors (Lipinski definition) is 7. The highest BCUT2D eigenvalue weighted by atomic mass is 16.2. The van der Waals surface area contributed by atoms with Crippen LogP contribution in [0.3, 0.4) is 0 Å². The van der Waals surface area contributed by atoms with Crippen molar-refractivity contribution in [3.63, 3.8) is 0 Å². The number of amides is 1. The molecule has 10 nitrogen and oxygen atoms in total. The van der Waals surface area contributed by atoms with Crippen LogP contribution in [0.1, 0.15) is 25.1 Å². The fourth-order valence-electron chi connectivity index (χ4n) is 3.90. The second-order valence-electron chi connectivity index (χ2n) is 7.55. The highest BCUT2D eigenvalue weighted by molar-refractivity contribution is 5.75. The van der Waals surface area contributed by atoms with E-state index >= 15 is 0 Å². The third-order valence-corrected chi connectivity index (χ3v) is 5.53. The number of anilines is 1. The summed E-state index contributed by atoms with van der Waals surface area (Å²) in [6.45, 7) is 5.57. The Kier molecular flexibility index (Phi) is 6.18. The molecule has 4 rings (SSSR count). The Morgan fingerprint density at radius 3 is 2.62 bits per heavy atom. The lowest BCUT2D eigenvalue weighted by molar-refractivity contribution is -0.121. The van der Waals surface area contributed by atoms with E-state index in [1.54, 1.807) is 17.0 Å². The molecule has 0 atom stereocenters. The smallest absolute Gasteiger partial charge is 0.346 e. The van der Waals surface area contributed by atoms with Gasteiger partial charge < -0.3 is 10.2 Å². The fourth-order valence-corrected chi connectivity index (χ4v) is 3.90. The van der Waals surface area contributed by atoms with Crippen LogP contribution in [-0.4, -0.2) is 74.4 Å². The van der Waals surface area contributed by atoms with Gasteiger partial charge in [0, 0.05) is 64.6 Å². The van der Waals surface area contributed by atoms with E-state index in [9.17, 15) is 9.59 Å². The summed E-state index contributed by atoms with van der Waals surface area (Å²) < 4.78 is 3.02. The molecule has 2 aliphatic rings. The van der Waals surface area contributed by atoms with Gasteiger partial charge in [-0.15, -0.1) is 0 Å². The highest BCUT2D eigenvalue weighted by Gasteiger charge is 2.19. The number of rotatable bonds is 6. The van der Waals surface area contributed by atoms with Crippen molar-refractivity contribution < 1.29 is 4.79 Å². The lowest BCUT2D eigenvalue weighted by atomic mass is 10.2. The number of nitrogens with zero attached hydrogens (tertiary/aromatic N) is 7. The summed E-state index contributed by atoms with van der Waals surface area (Å²) in [5, 5.41) is 7.28. The van der Waals surface area contributed by atoms with E-state index < -0.39 is 0 Å². The van der Waals surface area contributed by atoms with Gasteiger partial charge in [0.05, 0.1) is 0 Å². The monoisotopic (exact) mass is 400 g/mol. The maximum absolute atomic E-state index is 12.4. The van der Waals surface area contributed by atoms with E-state index in [2.05, 4.69) is 30.2 Å². The lowest BCUT2D eigenvalue weighted by Crippen LogP contribution is -2.49. The van der Waals surface area contributed by atoms with Crippen LogP contribution in [0.2, 0.25) is 0 Å². The second kappa shape index (κ2) is 9.17. The van der Waals surface area contributed by atoms with Crippen molar-refractivity contribution in [3.8, 4) is 0 Å². The van der Waals surface area contributed by atoms with Gasteiger partial charge in [0.25, 0.3) is 0 Å². The number of aromatic nitrogens is 5. The summed E-state index contributed by atoms with van der Waals surface area (Å²) in [6.07, 6.45) is 7.49. The van der Waals surface area contributed by atoms with Crippen LogP contribution in [0.25, 0.3) is 0 Å². The zero-order valence-electron chi connectivity index (χ0n) is 16.7. The average Bonchev–Trinajstić information content (AvgIpc) is 2.91. The Hall–Kier alpha value is -2.75. The molecule has 1 fully saturated rings. The zero-order chi connectivity index (χ0) is 20.1. The molecule has 156 valence electrons. The summed E-state index contributed by atoms with van der Waals surface area (Å²) >= 11 is 0. The predicted octanol–water partition coefficient (Wildman–Crippen LogP) is -0.500. The summed E-state index contributed by atoms with van der Waals surface area (Å²) in [4.78, 5) is 37.8. The van der Waals surface area contributed by atoms with Gasteiger partial charge in [-0.05, 0) is 18.9 Å². The van der Waals surface area contributed by atoms with Gasteiger partial charge in [-0.2, -0.15) is 5.10 Å². The topological polar surface area (TPSA) is 101 Å². The highest BCUT2D eigenvalue weighted by Crippen LogP contribution is 2.10. The maximum atomic E-state index is 12.4. The molecule has 0 aromatic carbocycles. The minimum Gasteiger partial charge on any atom is -0.353 e. The molecular weight excluding hydrogens is 372 g/mol. The Balaban J connectivity index is 1.20. The van der Waals surface area contributed by atoms with Gasteiger partial charge in [0.2, 0.25) is 11.9 Å². The lowest BCUT2D eigenvalue weighted by Gasteiger charge is -2.34. The number of hydrogen-bond donors (Lipinski definition) is 1. The SMILES string of the molecule is O=C(Cn1nc2n(c1=O)CCCCC2)NCCN1CCN(c2ncccn2)CC1. The normalized spacial score (nSPS) is 17.6. The molecule has 1 amide bonds. The molecule has 0 radical (unpaired) electrons. The van der Waals surface area contributed by atoms with Crippen molar-refractivity contribution in [2.24, 2.45) is 0 Å². The molecule has 29 heavy (non-hydrogen) atoms. The molecular formula is C19H28N8O2. The Bertz CT molecular complexity index is 870. The number of nitrogens with one attached hydrogen (secondary N) is 1. The van der Waals surface area contributed by atoms with Crippen LogP contribution in [0.4, 0.5) is 5.95 Å². The standard InChI is InChI=1S/C19H28N8O2/c28-17(15-27-19(29)26-9-3-1-2-5-16(26)23-27)20-8-10-24-11-13-25(14-12-24)18-21-6-4-7-22-18/h4,6-7H,1-3,5,8-15H2,(H,20,28). The Morgan fingerprint density at radius 2 is 1.83 bits per heavy atom. The molecule has 2 aromatic heterocycles. The molecule has 2 aromatic rings. The first-order chi connectivity index (χ1) is 14.2. The molecule has 0 aliphatic carbocycles. The van der Waals surface area contributed by atoms with E-state index in [0.29, 0.717) is 13.1 Å². The average molecular weight is 400 g/mol. The quantitative estimate of drug-likeness (QED) is 0.698. The van der Waals surface area contributed by atoms with Gasteiger partial charge in [0.1, 0.15) is 12.4 Å². The maximum Gasteiger partial charge on any atom is 0.346 e. The third-order valence-electron chi connectivity index (χ3n) is 5.53. The molecule has 0 saturated carbocycles. The van der Waals surface area contributed by atoms with E-state index in [1.165, 1.54) is 4.68 Å². The van der Waals surface area contributed by atoms with Gasteiger partial charge in [-0.25, -0.2) is 19.4 Å². The molecule has 0 unspecified atom stereocenters. The van der Waals surface area contributed by atoms with Crippen molar-refractivity contribution in [2.45, 2.75) is 38.8 Å². The van der Waals surface area contributed by atoms with Gasteiger partial charge in [0.15, 0.2) is 0 Å². The number of aryl methyl sites for hydroxylation is 1. The summed E-state index contributed by atoms with van der Waals surface area (Å²) in [5.74, 6) is 1.40. The van der Waals surface area contributed by atoms with E-state index in [1.807, 2.05) is 6.07 Å². The molecule has 1 N–H and O–H groups in total. The van der Waals surface area contributed by atoms with Crippen LogP contribution in [0.15, 0.2) is 23.3 Å². The molecule has 0 spiro atoms. The molecule has 0 bridgehead atoms. The van der Waals surface area contributed by atoms with Gasteiger partial charge in [-0.1, -0.05) is 6.42 Å². The van der Waals surface area contributed by atoms with Crippen molar-refractivity contribution in [1.29, 1.82) is 0 Å². The predicted molar refractivity (Wildman–Crippen MR) is 108 cm³/mol. The van der Waals surface area contributed by atoms with Crippen LogP contribution < -0.4 is 15.9 Å². The Labute approximate surface area is 169 Å². The molecule has 1 saturated heterocycles. The minimum absolute atomic E-state index is 0.0159. The first-order valence-corrected chi connectivity index (χ1v) is 10.4. The van der Waals surface area contributed by atoms with Gasteiger partial charge >= 0.3 is 5.69 Å². The fraction of sp³-hybridized carbons (Fsp3) is 0.632. The van der Waals surface area contributed by atoms with Crippen LogP contribution in [-0.2, 0) is 24.3 Å².